The van der Waals surface area contributed by atoms with Gasteiger partial charge in [0.05, 0.1) is 0 Å². The third kappa shape index (κ3) is 2.20. The first-order chi connectivity index (χ1) is 8.65. The predicted octanol–water partition coefficient (Wildman–Crippen LogP) is 4.27. The Labute approximate surface area is 110 Å². The fourth-order valence-electron chi connectivity index (χ4n) is 2.12. The maximum atomic E-state index is 13.5. The fraction of sp³-hybridized carbons (Fsp3) is 0.333. The van der Waals surface area contributed by atoms with E-state index in [4.69, 9.17) is 5.73 Å². The lowest BCUT2D eigenvalue weighted by atomic mass is 10.1. The van der Waals surface area contributed by atoms with Crippen molar-refractivity contribution in [3.8, 4) is 10.4 Å². The second kappa shape index (κ2) is 4.48. The molecule has 0 saturated heterocycles. The molecule has 18 heavy (non-hydrogen) atoms. The van der Waals surface area contributed by atoms with Crippen molar-refractivity contribution in [2.75, 3.05) is 0 Å². The van der Waals surface area contributed by atoms with Crippen LogP contribution in [0.5, 0.6) is 0 Å². The molecule has 0 spiro atoms. The Morgan fingerprint density at radius 2 is 2.06 bits per heavy atom. The Morgan fingerprint density at radius 1 is 1.28 bits per heavy atom. The fourth-order valence-corrected chi connectivity index (χ4v) is 3.22. The highest BCUT2D eigenvalue weighted by molar-refractivity contribution is 7.15. The van der Waals surface area contributed by atoms with Crippen molar-refractivity contribution in [3.63, 3.8) is 0 Å². The van der Waals surface area contributed by atoms with Crippen LogP contribution in [-0.2, 0) is 0 Å². The molecule has 2 aromatic rings. The van der Waals surface area contributed by atoms with Crippen LogP contribution in [0.15, 0.2) is 30.3 Å². The highest BCUT2D eigenvalue weighted by atomic mass is 32.1. The lowest BCUT2D eigenvalue weighted by Crippen LogP contribution is -2.10. The summed E-state index contributed by atoms with van der Waals surface area (Å²) >= 11 is 1.69. The first-order valence-electron chi connectivity index (χ1n) is 6.27. The summed E-state index contributed by atoms with van der Waals surface area (Å²) in [6.45, 7) is 1.78. The Kier molecular flexibility index (Phi) is 2.96. The number of nitrogens with two attached hydrogens (primary N) is 1. The van der Waals surface area contributed by atoms with Gasteiger partial charge in [-0.25, -0.2) is 4.39 Å². The average Bonchev–Trinajstić information content (AvgIpc) is 3.09. The van der Waals surface area contributed by atoms with Gasteiger partial charge in [0.15, 0.2) is 0 Å². The molecule has 1 fully saturated rings. The van der Waals surface area contributed by atoms with Crippen LogP contribution in [-0.4, -0.2) is 0 Å². The molecule has 0 radical (unpaired) electrons. The highest BCUT2D eigenvalue weighted by Gasteiger charge is 2.30. The number of aryl methyl sites for hydroxylation is 1. The standard InChI is InChI=1S/C15H16FNS/c1-9-2-3-11(8-12(9)16)13-6-7-14(18-13)15(17)10-4-5-10/h2-3,6-8,10,15H,4-5,17H2,1H3. The topological polar surface area (TPSA) is 26.0 Å². The molecular weight excluding hydrogens is 245 g/mol. The molecule has 1 aromatic heterocycles. The summed E-state index contributed by atoms with van der Waals surface area (Å²) in [7, 11) is 0. The smallest absolute Gasteiger partial charge is 0.126 e. The van der Waals surface area contributed by atoms with Crippen LogP contribution in [0.3, 0.4) is 0 Å². The average molecular weight is 261 g/mol. The quantitative estimate of drug-likeness (QED) is 0.877. The van der Waals surface area contributed by atoms with Gasteiger partial charge < -0.3 is 5.73 Å². The number of hydrogen-bond acceptors (Lipinski definition) is 2. The maximum Gasteiger partial charge on any atom is 0.126 e. The van der Waals surface area contributed by atoms with E-state index in [0.29, 0.717) is 11.5 Å². The van der Waals surface area contributed by atoms with Gasteiger partial charge in [-0.15, -0.1) is 11.3 Å². The monoisotopic (exact) mass is 261 g/mol. The first-order valence-corrected chi connectivity index (χ1v) is 7.08. The summed E-state index contributed by atoms with van der Waals surface area (Å²) in [5.74, 6) is 0.514. The second-order valence-electron chi connectivity index (χ2n) is 5.03. The zero-order valence-corrected chi connectivity index (χ0v) is 11.1. The molecule has 3 heteroatoms. The Hall–Kier alpha value is -1.19. The molecule has 3 rings (SSSR count). The molecule has 1 saturated carbocycles. The van der Waals surface area contributed by atoms with Gasteiger partial charge in [0.2, 0.25) is 0 Å². The highest BCUT2D eigenvalue weighted by Crippen LogP contribution is 2.42. The number of thiophene rings is 1. The molecule has 94 valence electrons. The van der Waals surface area contributed by atoms with Crippen LogP contribution < -0.4 is 5.73 Å². The molecule has 2 N–H and O–H groups in total. The Bertz CT molecular complexity index is 572. The van der Waals surface area contributed by atoms with Gasteiger partial charge in [0, 0.05) is 15.8 Å². The number of benzene rings is 1. The molecule has 1 aliphatic carbocycles. The number of hydrogen-bond donors (Lipinski definition) is 1. The van der Waals surface area contributed by atoms with Gasteiger partial charge in [-0.05, 0) is 55.0 Å². The zero-order valence-electron chi connectivity index (χ0n) is 10.3. The van der Waals surface area contributed by atoms with Crippen LogP contribution in [0.1, 0.15) is 29.3 Å². The molecule has 0 bridgehead atoms. The van der Waals surface area contributed by atoms with Crippen molar-refractivity contribution >= 4 is 11.3 Å². The lowest BCUT2D eigenvalue weighted by molar-refractivity contribution is 0.619. The molecule has 0 aliphatic heterocycles. The molecule has 1 heterocycles. The van der Waals surface area contributed by atoms with E-state index in [0.717, 1.165) is 10.4 Å². The summed E-state index contributed by atoms with van der Waals surface area (Å²) in [5, 5.41) is 0. The minimum atomic E-state index is -0.144. The minimum Gasteiger partial charge on any atom is -0.323 e. The van der Waals surface area contributed by atoms with Crippen molar-refractivity contribution in [2.24, 2.45) is 11.7 Å². The van der Waals surface area contributed by atoms with Crippen molar-refractivity contribution in [2.45, 2.75) is 25.8 Å². The molecule has 1 aliphatic rings. The van der Waals surface area contributed by atoms with E-state index in [1.165, 1.54) is 17.7 Å². The van der Waals surface area contributed by atoms with Crippen LogP contribution in [0.2, 0.25) is 0 Å². The van der Waals surface area contributed by atoms with Crippen molar-refractivity contribution in [1.82, 2.24) is 0 Å². The van der Waals surface area contributed by atoms with Crippen LogP contribution in [0.25, 0.3) is 10.4 Å². The van der Waals surface area contributed by atoms with E-state index in [2.05, 4.69) is 6.07 Å². The maximum absolute atomic E-state index is 13.5. The number of rotatable bonds is 3. The van der Waals surface area contributed by atoms with Gasteiger partial charge in [0.25, 0.3) is 0 Å². The van der Waals surface area contributed by atoms with Crippen molar-refractivity contribution < 1.29 is 4.39 Å². The van der Waals surface area contributed by atoms with Crippen LogP contribution in [0.4, 0.5) is 4.39 Å². The van der Waals surface area contributed by atoms with Gasteiger partial charge in [0.1, 0.15) is 5.82 Å². The van der Waals surface area contributed by atoms with Gasteiger partial charge >= 0.3 is 0 Å². The third-order valence-corrected chi connectivity index (χ3v) is 4.78. The molecule has 1 atom stereocenters. The largest absolute Gasteiger partial charge is 0.323 e. The van der Waals surface area contributed by atoms with E-state index in [9.17, 15) is 4.39 Å². The Morgan fingerprint density at radius 3 is 2.72 bits per heavy atom. The van der Waals surface area contributed by atoms with Gasteiger partial charge in [-0.1, -0.05) is 12.1 Å². The molecular formula is C15H16FNS. The molecule has 1 nitrogen and oxygen atoms in total. The zero-order chi connectivity index (χ0) is 12.7. The van der Waals surface area contributed by atoms with E-state index >= 15 is 0 Å². The summed E-state index contributed by atoms with van der Waals surface area (Å²) in [6.07, 6.45) is 2.49. The first kappa shape index (κ1) is 11.9. The van der Waals surface area contributed by atoms with E-state index in [-0.39, 0.29) is 11.9 Å². The molecule has 0 amide bonds. The summed E-state index contributed by atoms with van der Waals surface area (Å²) < 4.78 is 13.5. The molecule has 1 aromatic carbocycles. The van der Waals surface area contributed by atoms with Crippen LogP contribution >= 0.6 is 11.3 Å². The van der Waals surface area contributed by atoms with Crippen molar-refractivity contribution in [1.29, 1.82) is 0 Å². The number of halogens is 1. The third-order valence-electron chi connectivity index (χ3n) is 3.54. The van der Waals surface area contributed by atoms with Gasteiger partial charge in [-0.2, -0.15) is 0 Å². The van der Waals surface area contributed by atoms with E-state index in [1.54, 1.807) is 24.3 Å². The Balaban J connectivity index is 1.89. The summed E-state index contributed by atoms with van der Waals surface area (Å²) in [5.41, 5.74) is 7.81. The van der Waals surface area contributed by atoms with E-state index in [1.807, 2.05) is 18.2 Å². The minimum absolute atomic E-state index is 0.144. The van der Waals surface area contributed by atoms with Crippen molar-refractivity contribution in [3.05, 3.63) is 46.6 Å². The second-order valence-corrected chi connectivity index (χ2v) is 6.14. The molecule has 1 unspecified atom stereocenters. The summed E-state index contributed by atoms with van der Waals surface area (Å²) in [4.78, 5) is 2.31. The lowest BCUT2D eigenvalue weighted by Gasteiger charge is -2.06. The SMILES string of the molecule is Cc1ccc(-c2ccc(C(N)C3CC3)s2)cc1F. The van der Waals surface area contributed by atoms with E-state index < -0.39 is 0 Å². The summed E-state index contributed by atoms with van der Waals surface area (Å²) in [6, 6.07) is 9.70. The predicted molar refractivity (Wildman–Crippen MR) is 74.1 cm³/mol. The van der Waals surface area contributed by atoms with Crippen LogP contribution in [0, 0.1) is 18.7 Å². The normalized spacial score (nSPS) is 16.8. The van der Waals surface area contributed by atoms with Gasteiger partial charge in [-0.3, -0.25) is 0 Å².